The van der Waals surface area contributed by atoms with Crippen LogP contribution in [0.5, 0.6) is 0 Å². The largest absolute Gasteiger partial charge is 0.373 e. The number of hydrogen-bond acceptors (Lipinski definition) is 4. The predicted octanol–water partition coefficient (Wildman–Crippen LogP) is 2.70. The fourth-order valence-electron chi connectivity index (χ4n) is 1.47. The second-order valence-corrected chi connectivity index (χ2v) is 4.86. The number of rotatable bonds is 6. The van der Waals surface area contributed by atoms with Gasteiger partial charge in [-0.2, -0.15) is 11.8 Å². The first kappa shape index (κ1) is 13.2. The van der Waals surface area contributed by atoms with Crippen molar-refractivity contribution in [3.05, 3.63) is 18.2 Å². The van der Waals surface area contributed by atoms with Crippen molar-refractivity contribution in [1.82, 2.24) is 4.98 Å². The van der Waals surface area contributed by atoms with Crippen LogP contribution < -0.4 is 10.2 Å². The molecule has 1 aromatic heterocycles. The van der Waals surface area contributed by atoms with Crippen LogP contribution >= 0.6 is 11.8 Å². The maximum Gasteiger partial charge on any atom is 0.130 e. The average molecular weight is 239 g/mol. The topological polar surface area (TPSA) is 28.2 Å². The molecule has 3 nitrogen and oxygen atoms in total. The third-order valence-corrected chi connectivity index (χ3v) is 3.40. The van der Waals surface area contributed by atoms with E-state index in [4.69, 9.17) is 0 Å². The molecule has 0 aliphatic heterocycles. The molecule has 1 N–H and O–H groups in total. The number of aromatic nitrogens is 1. The molecular formula is C12H21N3S. The van der Waals surface area contributed by atoms with Gasteiger partial charge in [0, 0.05) is 20.1 Å². The van der Waals surface area contributed by atoms with Gasteiger partial charge in [-0.25, -0.2) is 4.98 Å². The number of nitrogens with one attached hydrogen (secondary N) is 1. The monoisotopic (exact) mass is 239 g/mol. The van der Waals surface area contributed by atoms with Gasteiger partial charge in [0.1, 0.15) is 11.6 Å². The highest BCUT2D eigenvalue weighted by molar-refractivity contribution is 7.98. The van der Waals surface area contributed by atoms with Gasteiger partial charge in [-0.05, 0) is 37.5 Å². The van der Waals surface area contributed by atoms with E-state index in [0.717, 1.165) is 11.6 Å². The summed E-state index contributed by atoms with van der Waals surface area (Å²) in [6, 6.07) is 6.58. The molecule has 0 radical (unpaired) electrons. The van der Waals surface area contributed by atoms with Gasteiger partial charge in [-0.3, -0.25) is 0 Å². The van der Waals surface area contributed by atoms with E-state index in [1.54, 1.807) is 0 Å². The number of pyridine rings is 1. The molecule has 90 valence electrons. The smallest absolute Gasteiger partial charge is 0.130 e. The third kappa shape index (κ3) is 3.59. The standard InChI is InChI=1S/C12H21N3S/c1-10(8-9-16-4)15(3)12-7-5-6-11(13-2)14-12/h5-7,10H,8-9H2,1-4H3,(H,13,14). The highest BCUT2D eigenvalue weighted by Crippen LogP contribution is 2.17. The molecule has 0 aliphatic carbocycles. The minimum absolute atomic E-state index is 0.520. The van der Waals surface area contributed by atoms with Gasteiger partial charge < -0.3 is 10.2 Å². The molecule has 1 atom stereocenters. The normalized spacial score (nSPS) is 12.2. The molecule has 1 aromatic rings. The van der Waals surface area contributed by atoms with Crippen LogP contribution in [0.1, 0.15) is 13.3 Å². The number of anilines is 2. The van der Waals surface area contributed by atoms with Gasteiger partial charge in [0.15, 0.2) is 0 Å². The molecule has 0 aliphatic rings. The van der Waals surface area contributed by atoms with Crippen molar-refractivity contribution in [1.29, 1.82) is 0 Å². The summed E-state index contributed by atoms with van der Waals surface area (Å²) in [5.74, 6) is 3.14. The Balaban J connectivity index is 2.67. The summed E-state index contributed by atoms with van der Waals surface area (Å²) in [5, 5.41) is 3.06. The Hall–Kier alpha value is -0.900. The zero-order chi connectivity index (χ0) is 12.0. The molecule has 0 fully saturated rings. The van der Waals surface area contributed by atoms with Gasteiger partial charge in [0.2, 0.25) is 0 Å². The van der Waals surface area contributed by atoms with Crippen LogP contribution in [0.4, 0.5) is 11.6 Å². The molecule has 1 unspecified atom stereocenters. The highest BCUT2D eigenvalue weighted by atomic mass is 32.2. The first-order valence-electron chi connectivity index (χ1n) is 5.55. The van der Waals surface area contributed by atoms with Crippen LogP contribution in [0.15, 0.2) is 18.2 Å². The Morgan fingerprint density at radius 1 is 1.50 bits per heavy atom. The predicted molar refractivity (Wildman–Crippen MR) is 74.6 cm³/mol. The molecular weight excluding hydrogens is 218 g/mol. The quantitative estimate of drug-likeness (QED) is 0.826. The summed E-state index contributed by atoms with van der Waals surface area (Å²) < 4.78 is 0. The Morgan fingerprint density at radius 3 is 2.88 bits per heavy atom. The highest BCUT2D eigenvalue weighted by Gasteiger charge is 2.10. The molecule has 0 aromatic carbocycles. The van der Waals surface area contributed by atoms with Crippen LogP contribution in [0.25, 0.3) is 0 Å². The van der Waals surface area contributed by atoms with E-state index in [-0.39, 0.29) is 0 Å². The van der Waals surface area contributed by atoms with E-state index >= 15 is 0 Å². The van der Waals surface area contributed by atoms with E-state index in [9.17, 15) is 0 Å². The SMILES string of the molecule is CNc1cccc(N(C)C(C)CCSC)n1. The number of hydrogen-bond donors (Lipinski definition) is 1. The van der Waals surface area contributed by atoms with Gasteiger partial charge in [-0.15, -0.1) is 0 Å². The van der Waals surface area contributed by atoms with Crippen molar-refractivity contribution in [2.75, 3.05) is 36.3 Å². The van der Waals surface area contributed by atoms with E-state index in [2.05, 4.69) is 41.5 Å². The molecule has 4 heteroatoms. The maximum atomic E-state index is 4.53. The zero-order valence-corrected chi connectivity index (χ0v) is 11.3. The van der Waals surface area contributed by atoms with Crippen LogP contribution in [0, 0.1) is 0 Å². The average Bonchev–Trinajstić information content (AvgIpc) is 2.35. The second-order valence-electron chi connectivity index (χ2n) is 3.87. The van der Waals surface area contributed by atoms with Gasteiger partial charge in [-0.1, -0.05) is 6.07 Å². The molecule has 0 spiro atoms. The van der Waals surface area contributed by atoms with E-state index in [0.29, 0.717) is 6.04 Å². The Labute approximate surface area is 103 Å². The molecule has 0 saturated heterocycles. The first-order valence-corrected chi connectivity index (χ1v) is 6.95. The fourth-order valence-corrected chi connectivity index (χ4v) is 2.04. The summed E-state index contributed by atoms with van der Waals surface area (Å²) in [6.45, 7) is 2.24. The summed E-state index contributed by atoms with van der Waals surface area (Å²) in [5.41, 5.74) is 0. The van der Waals surface area contributed by atoms with Crippen molar-refractivity contribution >= 4 is 23.4 Å². The van der Waals surface area contributed by atoms with Crippen molar-refractivity contribution in [3.63, 3.8) is 0 Å². The molecule has 1 rings (SSSR count). The summed E-state index contributed by atoms with van der Waals surface area (Å²) >= 11 is 1.89. The van der Waals surface area contributed by atoms with Crippen molar-refractivity contribution in [3.8, 4) is 0 Å². The third-order valence-electron chi connectivity index (χ3n) is 2.75. The lowest BCUT2D eigenvalue weighted by molar-refractivity contribution is 0.662. The summed E-state index contributed by atoms with van der Waals surface area (Å²) in [7, 11) is 4.00. The van der Waals surface area contributed by atoms with Gasteiger partial charge in [0.25, 0.3) is 0 Å². The molecule has 0 saturated carbocycles. The first-order chi connectivity index (χ1) is 7.69. The van der Waals surface area contributed by atoms with E-state index < -0.39 is 0 Å². The molecule has 0 amide bonds. The van der Waals surface area contributed by atoms with Gasteiger partial charge in [0.05, 0.1) is 0 Å². The minimum Gasteiger partial charge on any atom is -0.373 e. The van der Waals surface area contributed by atoms with E-state index in [1.165, 1.54) is 12.2 Å². The zero-order valence-electron chi connectivity index (χ0n) is 10.5. The summed E-state index contributed by atoms with van der Waals surface area (Å²) in [4.78, 5) is 6.76. The number of thioether (sulfide) groups is 1. The maximum absolute atomic E-state index is 4.53. The second kappa shape index (κ2) is 6.63. The van der Waals surface area contributed by atoms with E-state index in [1.807, 2.05) is 30.9 Å². The molecule has 16 heavy (non-hydrogen) atoms. The lowest BCUT2D eigenvalue weighted by Gasteiger charge is -2.26. The lowest BCUT2D eigenvalue weighted by atomic mass is 10.2. The minimum atomic E-state index is 0.520. The number of nitrogens with zero attached hydrogens (tertiary/aromatic N) is 2. The molecule has 1 heterocycles. The Bertz CT molecular complexity index is 317. The van der Waals surface area contributed by atoms with Gasteiger partial charge >= 0.3 is 0 Å². The fraction of sp³-hybridized carbons (Fsp3) is 0.583. The van der Waals surface area contributed by atoms with Crippen LogP contribution in [0.2, 0.25) is 0 Å². The lowest BCUT2D eigenvalue weighted by Crippen LogP contribution is -2.30. The molecule has 0 bridgehead atoms. The van der Waals surface area contributed by atoms with Crippen molar-refractivity contribution < 1.29 is 0 Å². The summed E-state index contributed by atoms with van der Waals surface area (Å²) in [6.07, 6.45) is 3.33. The Morgan fingerprint density at radius 2 is 2.25 bits per heavy atom. The van der Waals surface area contributed by atoms with Crippen LogP contribution in [-0.4, -0.2) is 37.1 Å². The van der Waals surface area contributed by atoms with Crippen LogP contribution in [-0.2, 0) is 0 Å². The van der Waals surface area contributed by atoms with Crippen LogP contribution in [0.3, 0.4) is 0 Å². The van der Waals surface area contributed by atoms with Crippen molar-refractivity contribution in [2.24, 2.45) is 0 Å². The Kier molecular flexibility index (Phi) is 5.46. The van der Waals surface area contributed by atoms with Crippen molar-refractivity contribution in [2.45, 2.75) is 19.4 Å².